The minimum absolute atomic E-state index is 0. The molecule has 1 aromatic rings. The Hall–Kier alpha value is -0.900. The second kappa shape index (κ2) is 14.1. The zero-order valence-electron chi connectivity index (χ0n) is 18.3. The molecule has 0 aliphatic rings. The maximum absolute atomic E-state index is 10.5. The van der Waals surface area contributed by atoms with Crippen molar-refractivity contribution in [3.8, 4) is 0 Å². The third-order valence-corrected chi connectivity index (χ3v) is 4.39. The molecule has 0 aromatic heterocycles. The van der Waals surface area contributed by atoms with E-state index >= 15 is 0 Å². The summed E-state index contributed by atoms with van der Waals surface area (Å²) in [6.07, 6.45) is -0.612. The Morgan fingerprint density at radius 2 is 1.82 bits per heavy atom. The van der Waals surface area contributed by atoms with E-state index in [2.05, 4.69) is 60.5 Å². The normalized spacial score (nSPS) is 13.2. The van der Waals surface area contributed by atoms with Gasteiger partial charge in [0.1, 0.15) is 0 Å². The van der Waals surface area contributed by atoms with Crippen molar-refractivity contribution in [1.29, 1.82) is 0 Å². The lowest BCUT2D eigenvalue weighted by Gasteiger charge is -2.20. The van der Waals surface area contributed by atoms with Gasteiger partial charge in [-0.2, -0.15) is 0 Å². The van der Waals surface area contributed by atoms with Crippen molar-refractivity contribution in [3.05, 3.63) is 35.4 Å². The zero-order chi connectivity index (χ0) is 20.3. The van der Waals surface area contributed by atoms with Crippen molar-refractivity contribution >= 4 is 29.9 Å². The second-order valence-corrected chi connectivity index (χ2v) is 7.83. The average Bonchev–Trinajstić information content (AvgIpc) is 2.63. The molecule has 1 unspecified atom stereocenters. The van der Waals surface area contributed by atoms with Crippen LogP contribution in [0.4, 0.5) is 0 Å². The summed E-state index contributed by atoms with van der Waals surface area (Å²) in [7, 11) is 3.78. The monoisotopic (exact) mass is 506 g/mol. The lowest BCUT2D eigenvalue weighted by atomic mass is 9.86. The lowest BCUT2D eigenvalue weighted by Crippen LogP contribution is -2.41. The van der Waals surface area contributed by atoms with E-state index in [1.807, 2.05) is 19.1 Å². The van der Waals surface area contributed by atoms with Crippen LogP contribution in [-0.2, 0) is 10.2 Å². The second-order valence-electron chi connectivity index (χ2n) is 7.83. The summed E-state index contributed by atoms with van der Waals surface area (Å²) in [5.41, 5.74) is 2.26. The lowest BCUT2D eigenvalue weighted by molar-refractivity contribution is 0.162. The van der Waals surface area contributed by atoms with E-state index in [0.717, 1.165) is 44.3 Å². The summed E-state index contributed by atoms with van der Waals surface area (Å²) in [6, 6.07) is 8.15. The number of hydrogen-bond acceptors (Lipinski definition) is 4. The van der Waals surface area contributed by atoms with E-state index in [9.17, 15) is 5.11 Å². The summed E-state index contributed by atoms with van der Waals surface area (Å²) >= 11 is 0. The first-order valence-corrected chi connectivity index (χ1v) is 9.76. The molecule has 0 fully saturated rings. The highest BCUT2D eigenvalue weighted by Gasteiger charge is 2.14. The molecular weight excluding hydrogens is 467 g/mol. The predicted molar refractivity (Wildman–Crippen MR) is 129 cm³/mol. The first-order chi connectivity index (χ1) is 12.8. The Morgan fingerprint density at radius 1 is 1.18 bits per heavy atom. The Bertz CT molecular complexity index is 559. The Labute approximate surface area is 188 Å². The quantitative estimate of drug-likeness (QED) is 0.259. The number of guanidine groups is 1. The summed E-state index contributed by atoms with van der Waals surface area (Å²) < 4.78 is 5.09. The maximum Gasteiger partial charge on any atom is 0.191 e. The molecule has 7 heteroatoms. The van der Waals surface area contributed by atoms with Crippen LogP contribution in [0.3, 0.4) is 0 Å². The molecule has 0 aliphatic heterocycles. The van der Waals surface area contributed by atoms with E-state index in [1.54, 1.807) is 7.11 Å². The smallest absolute Gasteiger partial charge is 0.191 e. The molecule has 28 heavy (non-hydrogen) atoms. The molecule has 0 bridgehead atoms. The number of methoxy groups -OCH3 is 1. The van der Waals surface area contributed by atoms with Gasteiger partial charge < -0.3 is 25.4 Å². The summed E-state index contributed by atoms with van der Waals surface area (Å²) in [6.45, 7) is 13.0. The van der Waals surface area contributed by atoms with E-state index < -0.39 is 6.10 Å². The van der Waals surface area contributed by atoms with Crippen molar-refractivity contribution in [3.63, 3.8) is 0 Å². The van der Waals surface area contributed by atoms with Gasteiger partial charge in [-0.1, -0.05) is 45.0 Å². The minimum Gasteiger partial charge on any atom is -0.386 e. The van der Waals surface area contributed by atoms with Gasteiger partial charge in [0.15, 0.2) is 5.96 Å². The van der Waals surface area contributed by atoms with Gasteiger partial charge in [-0.05, 0) is 30.5 Å². The molecule has 6 nitrogen and oxygen atoms in total. The molecule has 0 amide bonds. The first-order valence-electron chi connectivity index (χ1n) is 9.76. The van der Waals surface area contributed by atoms with Crippen LogP contribution < -0.4 is 10.6 Å². The van der Waals surface area contributed by atoms with Crippen LogP contribution in [0.1, 0.15) is 44.9 Å². The molecule has 0 saturated carbocycles. The van der Waals surface area contributed by atoms with Gasteiger partial charge >= 0.3 is 0 Å². The fraction of sp³-hybridized carbons (Fsp3) is 0.667. The topological polar surface area (TPSA) is 69.1 Å². The zero-order valence-corrected chi connectivity index (χ0v) is 20.6. The van der Waals surface area contributed by atoms with Crippen LogP contribution in [-0.4, -0.2) is 69.5 Å². The van der Waals surface area contributed by atoms with Crippen LogP contribution in [0.2, 0.25) is 0 Å². The van der Waals surface area contributed by atoms with Crippen molar-refractivity contribution in [1.82, 2.24) is 15.5 Å². The van der Waals surface area contributed by atoms with E-state index in [-0.39, 0.29) is 29.4 Å². The Morgan fingerprint density at radius 3 is 2.36 bits per heavy atom. The Kier molecular flexibility index (Phi) is 13.7. The number of aliphatic hydroxyl groups is 1. The molecule has 3 N–H and O–H groups in total. The summed E-state index contributed by atoms with van der Waals surface area (Å²) in [4.78, 5) is 6.72. The van der Waals surface area contributed by atoms with Crippen LogP contribution >= 0.6 is 24.0 Å². The largest absolute Gasteiger partial charge is 0.386 e. The van der Waals surface area contributed by atoms with Gasteiger partial charge in [0.2, 0.25) is 0 Å². The fourth-order valence-corrected chi connectivity index (χ4v) is 2.55. The number of nitrogens with one attached hydrogen (secondary N) is 2. The summed E-state index contributed by atoms with van der Waals surface area (Å²) in [5.74, 6) is 0.725. The number of rotatable bonds is 10. The van der Waals surface area contributed by atoms with Gasteiger partial charge in [-0.3, -0.25) is 4.99 Å². The highest BCUT2D eigenvalue weighted by molar-refractivity contribution is 14.0. The number of benzene rings is 1. The third kappa shape index (κ3) is 10.6. The SMILES string of the molecule is CCNC(=NCC(O)c1ccc(C(C)(C)C)cc1)NCCN(C)CCOC.I. The molecule has 1 aromatic carbocycles. The number of aliphatic imine (C=N–C) groups is 1. The molecule has 0 heterocycles. The van der Waals surface area contributed by atoms with Gasteiger partial charge in [-0.25, -0.2) is 0 Å². The predicted octanol–water partition coefficient (Wildman–Crippen LogP) is 2.77. The Balaban J connectivity index is 0.00000729. The van der Waals surface area contributed by atoms with Gasteiger partial charge in [-0.15, -0.1) is 24.0 Å². The average molecular weight is 506 g/mol. The van der Waals surface area contributed by atoms with Crippen molar-refractivity contribution in [2.75, 3.05) is 53.5 Å². The highest BCUT2D eigenvalue weighted by Crippen LogP contribution is 2.24. The number of aliphatic hydroxyl groups excluding tert-OH is 1. The number of likely N-dealkylation sites (N-methyl/N-ethyl adjacent to an activating group) is 1. The van der Waals surface area contributed by atoms with Crippen molar-refractivity contribution < 1.29 is 9.84 Å². The van der Waals surface area contributed by atoms with Crippen molar-refractivity contribution in [2.45, 2.75) is 39.2 Å². The van der Waals surface area contributed by atoms with Crippen LogP contribution in [0.25, 0.3) is 0 Å². The molecule has 0 radical (unpaired) electrons. The number of hydrogen-bond donors (Lipinski definition) is 3. The standard InChI is InChI=1S/C21H38N4O2.HI/c1-7-22-20(23-12-13-25(5)14-15-27-6)24-16-19(26)17-8-10-18(11-9-17)21(2,3)4;/h8-11,19,26H,7,12-16H2,1-6H3,(H2,22,23,24);1H. The highest BCUT2D eigenvalue weighted by atomic mass is 127. The molecule has 0 spiro atoms. The molecule has 0 saturated heterocycles. The van der Waals surface area contributed by atoms with Gasteiger partial charge in [0, 0.05) is 33.3 Å². The third-order valence-electron chi connectivity index (χ3n) is 4.39. The fourth-order valence-electron chi connectivity index (χ4n) is 2.55. The number of ether oxygens (including phenoxy) is 1. The molecule has 1 rings (SSSR count). The van der Waals surface area contributed by atoms with Crippen molar-refractivity contribution in [2.24, 2.45) is 4.99 Å². The van der Waals surface area contributed by atoms with Crippen LogP contribution in [0, 0.1) is 0 Å². The minimum atomic E-state index is -0.612. The number of nitrogens with zero attached hydrogens (tertiary/aromatic N) is 2. The van der Waals surface area contributed by atoms with Crippen LogP contribution in [0.5, 0.6) is 0 Å². The first kappa shape index (κ1) is 27.1. The van der Waals surface area contributed by atoms with Gasteiger partial charge in [0.05, 0.1) is 19.3 Å². The summed E-state index contributed by atoms with van der Waals surface area (Å²) in [5, 5.41) is 17.0. The number of halogens is 1. The van der Waals surface area contributed by atoms with E-state index in [1.165, 1.54) is 5.56 Å². The molecule has 0 aliphatic carbocycles. The van der Waals surface area contributed by atoms with Gasteiger partial charge in [0.25, 0.3) is 0 Å². The molecular formula is C21H39IN4O2. The van der Waals surface area contributed by atoms with E-state index in [0.29, 0.717) is 6.54 Å². The molecule has 162 valence electrons. The molecule has 1 atom stereocenters. The van der Waals surface area contributed by atoms with E-state index in [4.69, 9.17) is 4.74 Å². The maximum atomic E-state index is 10.5. The van der Waals surface area contributed by atoms with Crippen LogP contribution in [0.15, 0.2) is 29.3 Å².